The van der Waals surface area contributed by atoms with Gasteiger partial charge in [0.2, 0.25) is 0 Å². The summed E-state index contributed by atoms with van der Waals surface area (Å²) in [6.45, 7) is 0. The average molecular weight is 393 g/mol. The molecule has 3 aromatic heterocycles. The maximum atomic E-state index is 12.0. The highest BCUT2D eigenvalue weighted by Crippen LogP contribution is 2.45. The summed E-state index contributed by atoms with van der Waals surface area (Å²) in [5, 5.41) is 4.00. The van der Waals surface area contributed by atoms with Crippen molar-refractivity contribution in [1.29, 1.82) is 0 Å². The monoisotopic (exact) mass is 392 g/mol. The van der Waals surface area contributed by atoms with E-state index in [1.807, 2.05) is 35.0 Å². The SMILES string of the molecule is COC(=O)Cc1c(-c2cccs2)sc(-c2cccs2)c1CC(=O)OC. The minimum absolute atomic E-state index is 0.137. The molecule has 0 aliphatic heterocycles. The number of rotatable bonds is 6. The molecule has 3 aromatic rings. The van der Waals surface area contributed by atoms with E-state index in [4.69, 9.17) is 9.47 Å². The molecule has 0 spiro atoms. The molecule has 0 atom stereocenters. The third-order valence-electron chi connectivity index (χ3n) is 3.70. The Bertz CT molecular complexity index is 790. The summed E-state index contributed by atoms with van der Waals surface area (Å²) < 4.78 is 9.74. The third kappa shape index (κ3) is 3.84. The van der Waals surface area contributed by atoms with Gasteiger partial charge in [0.15, 0.2) is 0 Å². The second-order valence-electron chi connectivity index (χ2n) is 5.18. The maximum Gasteiger partial charge on any atom is 0.310 e. The summed E-state index contributed by atoms with van der Waals surface area (Å²) in [5.41, 5.74) is 1.71. The summed E-state index contributed by atoms with van der Waals surface area (Å²) in [6.07, 6.45) is 0.274. The van der Waals surface area contributed by atoms with Gasteiger partial charge in [-0.2, -0.15) is 0 Å². The number of thiophene rings is 3. The minimum atomic E-state index is -0.320. The van der Waals surface area contributed by atoms with Crippen LogP contribution in [0.15, 0.2) is 35.0 Å². The van der Waals surface area contributed by atoms with Gasteiger partial charge in [-0.25, -0.2) is 0 Å². The Hall–Kier alpha value is -1.96. The van der Waals surface area contributed by atoms with Crippen molar-refractivity contribution in [3.63, 3.8) is 0 Å². The quantitative estimate of drug-likeness (QED) is 0.574. The molecule has 0 bridgehead atoms. The third-order valence-corrected chi connectivity index (χ3v) is 7.08. The number of esters is 2. The fourth-order valence-corrected chi connectivity index (χ4v) is 5.62. The molecule has 3 heterocycles. The fraction of sp³-hybridized carbons (Fsp3) is 0.222. The molecule has 0 aliphatic rings. The van der Waals surface area contributed by atoms with E-state index < -0.39 is 0 Å². The summed E-state index contributed by atoms with van der Waals surface area (Å²) in [7, 11) is 2.75. The average Bonchev–Trinajstić information content (AvgIpc) is 3.36. The van der Waals surface area contributed by atoms with E-state index >= 15 is 0 Å². The molecule has 0 radical (unpaired) electrons. The molecule has 130 valence electrons. The van der Waals surface area contributed by atoms with Crippen LogP contribution in [0.4, 0.5) is 0 Å². The summed E-state index contributed by atoms with van der Waals surface area (Å²) in [4.78, 5) is 28.2. The van der Waals surface area contributed by atoms with Crippen molar-refractivity contribution in [2.45, 2.75) is 12.8 Å². The van der Waals surface area contributed by atoms with E-state index in [-0.39, 0.29) is 24.8 Å². The standard InChI is InChI=1S/C18H16O4S3/c1-21-15(19)9-11-12(10-16(20)22-2)18(14-6-4-8-24-14)25-17(11)13-5-3-7-23-13/h3-8H,9-10H2,1-2H3. The van der Waals surface area contributed by atoms with Gasteiger partial charge in [0.1, 0.15) is 0 Å². The van der Waals surface area contributed by atoms with E-state index in [0.29, 0.717) is 0 Å². The van der Waals surface area contributed by atoms with Gasteiger partial charge in [-0.15, -0.1) is 34.0 Å². The lowest BCUT2D eigenvalue weighted by molar-refractivity contribution is -0.141. The van der Waals surface area contributed by atoms with Crippen LogP contribution in [0.2, 0.25) is 0 Å². The van der Waals surface area contributed by atoms with E-state index in [2.05, 4.69) is 0 Å². The van der Waals surface area contributed by atoms with Gasteiger partial charge in [0, 0.05) is 19.5 Å². The smallest absolute Gasteiger partial charge is 0.310 e. The number of methoxy groups -OCH3 is 2. The van der Waals surface area contributed by atoms with Gasteiger partial charge in [-0.3, -0.25) is 9.59 Å². The Labute approximate surface area is 157 Å². The second-order valence-corrected chi connectivity index (χ2v) is 8.09. The number of ether oxygens (including phenoxy) is 2. The Kier molecular flexibility index (Phi) is 5.67. The Morgan fingerprint density at radius 1 is 0.840 bits per heavy atom. The van der Waals surface area contributed by atoms with Crippen molar-refractivity contribution in [1.82, 2.24) is 0 Å². The second kappa shape index (κ2) is 7.95. The lowest BCUT2D eigenvalue weighted by Gasteiger charge is -2.07. The first-order valence-corrected chi connectivity index (χ1v) is 10.1. The van der Waals surface area contributed by atoms with Crippen molar-refractivity contribution in [2.24, 2.45) is 0 Å². The van der Waals surface area contributed by atoms with Crippen LogP contribution in [-0.2, 0) is 31.9 Å². The molecule has 0 fully saturated rings. The highest BCUT2D eigenvalue weighted by molar-refractivity contribution is 7.26. The highest BCUT2D eigenvalue weighted by atomic mass is 32.1. The molecule has 0 saturated carbocycles. The molecule has 0 N–H and O–H groups in total. The molecule has 7 heteroatoms. The maximum absolute atomic E-state index is 12.0. The molecule has 4 nitrogen and oxygen atoms in total. The molecule has 25 heavy (non-hydrogen) atoms. The lowest BCUT2D eigenvalue weighted by atomic mass is 10.0. The fourth-order valence-electron chi connectivity index (χ4n) is 2.52. The van der Waals surface area contributed by atoms with Crippen molar-refractivity contribution in [3.05, 3.63) is 46.2 Å². The largest absolute Gasteiger partial charge is 0.469 e. The molecule has 0 aromatic carbocycles. The van der Waals surface area contributed by atoms with Crippen LogP contribution >= 0.6 is 34.0 Å². The number of hydrogen-bond donors (Lipinski definition) is 0. The van der Waals surface area contributed by atoms with Gasteiger partial charge in [0.25, 0.3) is 0 Å². The van der Waals surface area contributed by atoms with Gasteiger partial charge < -0.3 is 9.47 Å². The Morgan fingerprint density at radius 2 is 1.28 bits per heavy atom. The van der Waals surface area contributed by atoms with Crippen LogP contribution in [0, 0.1) is 0 Å². The molecular formula is C18H16O4S3. The van der Waals surface area contributed by atoms with Crippen LogP contribution < -0.4 is 0 Å². The lowest BCUT2D eigenvalue weighted by Crippen LogP contribution is -2.10. The topological polar surface area (TPSA) is 52.6 Å². The first kappa shape index (κ1) is 17.8. The molecule has 0 saturated heterocycles. The van der Waals surface area contributed by atoms with Crippen molar-refractivity contribution in [3.8, 4) is 19.5 Å². The van der Waals surface area contributed by atoms with Crippen LogP contribution in [0.5, 0.6) is 0 Å². The van der Waals surface area contributed by atoms with Gasteiger partial charge >= 0.3 is 11.9 Å². The van der Waals surface area contributed by atoms with E-state index in [1.165, 1.54) is 14.2 Å². The molecule has 0 aliphatic carbocycles. The highest BCUT2D eigenvalue weighted by Gasteiger charge is 2.25. The zero-order chi connectivity index (χ0) is 17.8. The van der Waals surface area contributed by atoms with Crippen LogP contribution in [-0.4, -0.2) is 26.2 Å². The first-order valence-electron chi connectivity index (χ1n) is 7.50. The molecule has 0 amide bonds. The molecule has 3 rings (SSSR count). The van der Waals surface area contributed by atoms with E-state index in [0.717, 1.165) is 30.6 Å². The van der Waals surface area contributed by atoms with Crippen molar-refractivity contribution < 1.29 is 19.1 Å². The Morgan fingerprint density at radius 3 is 1.60 bits per heavy atom. The van der Waals surface area contributed by atoms with Crippen molar-refractivity contribution in [2.75, 3.05) is 14.2 Å². The van der Waals surface area contributed by atoms with Crippen LogP contribution in [0.25, 0.3) is 19.5 Å². The first-order chi connectivity index (χ1) is 12.1. The van der Waals surface area contributed by atoms with Crippen LogP contribution in [0.3, 0.4) is 0 Å². The normalized spacial score (nSPS) is 10.6. The number of carbonyl (C=O) groups is 2. The predicted octanol–water partition coefficient (Wildman–Crippen LogP) is 4.64. The number of hydrogen-bond acceptors (Lipinski definition) is 7. The minimum Gasteiger partial charge on any atom is -0.469 e. The number of carbonyl (C=O) groups excluding carboxylic acids is 2. The molecule has 0 unspecified atom stereocenters. The summed E-state index contributed by atoms with van der Waals surface area (Å²) >= 11 is 4.84. The van der Waals surface area contributed by atoms with Gasteiger partial charge in [-0.05, 0) is 34.0 Å². The Balaban J connectivity index is 2.19. The van der Waals surface area contributed by atoms with Gasteiger partial charge in [0.05, 0.1) is 27.1 Å². The van der Waals surface area contributed by atoms with Gasteiger partial charge in [-0.1, -0.05) is 12.1 Å². The van der Waals surface area contributed by atoms with Crippen molar-refractivity contribution >= 4 is 45.9 Å². The summed E-state index contributed by atoms with van der Waals surface area (Å²) in [6, 6.07) is 8.01. The van der Waals surface area contributed by atoms with Crippen LogP contribution in [0.1, 0.15) is 11.1 Å². The predicted molar refractivity (Wildman–Crippen MR) is 102 cm³/mol. The summed E-state index contributed by atoms with van der Waals surface area (Å²) in [5.74, 6) is -0.640. The zero-order valence-corrected chi connectivity index (χ0v) is 16.2. The molecular weight excluding hydrogens is 376 g/mol. The van der Waals surface area contributed by atoms with E-state index in [9.17, 15) is 9.59 Å². The van der Waals surface area contributed by atoms with E-state index in [1.54, 1.807) is 34.0 Å². The zero-order valence-electron chi connectivity index (χ0n) is 13.7.